The average Bonchev–Trinajstić information content (AvgIpc) is 2.47. The number of likely N-dealkylation sites (tertiary alicyclic amines) is 1. The monoisotopic (exact) mass is 275 g/mol. The molecule has 1 aromatic heterocycles. The molecule has 3 atom stereocenters. The van der Waals surface area contributed by atoms with E-state index in [0.29, 0.717) is 18.0 Å². The maximum atomic E-state index is 4.60. The summed E-state index contributed by atoms with van der Waals surface area (Å²) in [5, 5.41) is 3.63. The fraction of sp³-hybridized carbons (Fsp3) is 0.706. The highest BCUT2D eigenvalue weighted by molar-refractivity contribution is 5.19. The number of aryl methyl sites for hydroxylation is 1. The van der Waals surface area contributed by atoms with Crippen LogP contribution in [-0.4, -0.2) is 35.1 Å². The molecule has 0 spiro atoms. The molecule has 1 fully saturated rings. The third-order valence-corrected chi connectivity index (χ3v) is 4.88. The van der Waals surface area contributed by atoms with Crippen LogP contribution >= 0.6 is 0 Å². The fourth-order valence-electron chi connectivity index (χ4n) is 3.34. The van der Waals surface area contributed by atoms with E-state index in [-0.39, 0.29) is 0 Å². The number of hydrogen-bond acceptors (Lipinski definition) is 3. The number of pyridine rings is 1. The van der Waals surface area contributed by atoms with Gasteiger partial charge < -0.3 is 5.32 Å². The summed E-state index contributed by atoms with van der Waals surface area (Å²) in [6.45, 7) is 12.4. The molecule has 0 radical (unpaired) electrons. The summed E-state index contributed by atoms with van der Waals surface area (Å²) in [6.07, 6.45) is 4.24. The molecule has 0 bridgehead atoms. The van der Waals surface area contributed by atoms with Gasteiger partial charge in [0.25, 0.3) is 0 Å². The number of hydrogen-bond donors (Lipinski definition) is 1. The average molecular weight is 275 g/mol. The first-order valence-electron chi connectivity index (χ1n) is 8.07. The molecule has 1 saturated heterocycles. The van der Waals surface area contributed by atoms with Crippen molar-refractivity contribution in [3.05, 3.63) is 29.6 Å². The van der Waals surface area contributed by atoms with Crippen molar-refractivity contribution in [1.82, 2.24) is 15.2 Å². The van der Waals surface area contributed by atoms with Gasteiger partial charge in [0, 0.05) is 31.4 Å². The van der Waals surface area contributed by atoms with Crippen LogP contribution in [0.25, 0.3) is 0 Å². The van der Waals surface area contributed by atoms with Gasteiger partial charge >= 0.3 is 0 Å². The molecule has 1 aliphatic rings. The molecule has 3 heteroatoms. The van der Waals surface area contributed by atoms with E-state index in [1.165, 1.54) is 24.2 Å². The van der Waals surface area contributed by atoms with Crippen molar-refractivity contribution in [2.24, 2.45) is 5.92 Å². The van der Waals surface area contributed by atoms with Crippen LogP contribution in [-0.2, 0) is 13.0 Å². The normalized spacial score (nSPS) is 27.7. The highest BCUT2D eigenvalue weighted by atomic mass is 15.2. The van der Waals surface area contributed by atoms with Gasteiger partial charge in [-0.15, -0.1) is 0 Å². The molecule has 2 rings (SSSR count). The first-order chi connectivity index (χ1) is 9.67. The Morgan fingerprint density at radius 2 is 2.15 bits per heavy atom. The van der Waals surface area contributed by atoms with E-state index in [1.54, 1.807) is 0 Å². The molecule has 1 aliphatic heterocycles. The van der Waals surface area contributed by atoms with E-state index < -0.39 is 0 Å². The van der Waals surface area contributed by atoms with Crippen LogP contribution in [0, 0.1) is 5.92 Å². The molecule has 0 aromatic carbocycles. The molecule has 1 N–H and O–H groups in total. The third-order valence-electron chi connectivity index (χ3n) is 4.88. The van der Waals surface area contributed by atoms with Gasteiger partial charge in [-0.1, -0.05) is 26.8 Å². The van der Waals surface area contributed by atoms with Gasteiger partial charge in [0.15, 0.2) is 0 Å². The maximum Gasteiger partial charge on any atom is 0.0575 e. The molecule has 1 aromatic rings. The second-order valence-electron chi connectivity index (χ2n) is 5.99. The Morgan fingerprint density at radius 1 is 1.35 bits per heavy atom. The Balaban J connectivity index is 2.03. The van der Waals surface area contributed by atoms with Crippen molar-refractivity contribution in [2.75, 3.05) is 13.1 Å². The van der Waals surface area contributed by atoms with Crippen molar-refractivity contribution in [3.8, 4) is 0 Å². The van der Waals surface area contributed by atoms with Gasteiger partial charge in [0.05, 0.1) is 5.69 Å². The fourth-order valence-corrected chi connectivity index (χ4v) is 3.34. The summed E-state index contributed by atoms with van der Waals surface area (Å²) in [5.41, 5.74) is 2.65. The van der Waals surface area contributed by atoms with Crippen LogP contribution in [0.15, 0.2) is 18.3 Å². The van der Waals surface area contributed by atoms with Crippen molar-refractivity contribution in [2.45, 2.75) is 59.2 Å². The number of aromatic nitrogens is 1. The van der Waals surface area contributed by atoms with Crippen LogP contribution in [0.3, 0.4) is 0 Å². The molecule has 3 unspecified atom stereocenters. The quantitative estimate of drug-likeness (QED) is 0.895. The molecule has 20 heavy (non-hydrogen) atoms. The van der Waals surface area contributed by atoms with Crippen molar-refractivity contribution >= 4 is 0 Å². The lowest BCUT2D eigenvalue weighted by molar-refractivity contribution is 0.0777. The first-order valence-corrected chi connectivity index (χ1v) is 8.07. The van der Waals surface area contributed by atoms with Crippen molar-refractivity contribution < 1.29 is 0 Å². The predicted octanol–water partition coefficient (Wildman–Crippen LogP) is 2.85. The molecule has 112 valence electrons. The smallest absolute Gasteiger partial charge is 0.0575 e. The minimum atomic E-state index is 0.611. The van der Waals surface area contributed by atoms with E-state index in [9.17, 15) is 0 Å². The Kier molecular flexibility index (Phi) is 5.55. The lowest BCUT2D eigenvalue weighted by atomic mass is 9.86. The Morgan fingerprint density at radius 3 is 2.85 bits per heavy atom. The topological polar surface area (TPSA) is 28.2 Å². The van der Waals surface area contributed by atoms with Gasteiger partial charge in [-0.25, -0.2) is 0 Å². The standard InChI is InChI=1S/C17H29N3/c1-5-15-8-7-10-19-17(15)12-20-11-9-16(18-6-2)13(3)14(20)4/h7-8,10,13-14,16,18H,5-6,9,11-12H2,1-4H3. The lowest BCUT2D eigenvalue weighted by Gasteiger charge is -2.43. The molecule has 3 nitrogen and oxygen atoms in total. The summed E-state index contributed by atoms with van der Waals surface area (Å²) in [7, 11) is 0. The SMILES string of the molecule is CCNC1CCN(Cc2ncccc2CC)C(C)C1C. The molecule has 0 saturated carbocycles. The second kappa shape index (κ2) is 7.19. The highest BCUT2D eigenvalue weighted by Crippen LogP contribution is 2.25. The maximum absolute atomic E-state index is 4.60. The second-order valence-corrected chi connectivity index (χ2v) is 5.99. The zero-order valence-electron chi connectivity index (χ0n) is 13.4. The Labute approximate surface area is 123 Å². The third kappa shape index (κ3) is 3.39. The van der Waals surface area contributed by atoms with E-state index >= 15 is 0 Å². The van der Waals surface area contributed by atoms with E-state index in [4.69, 9.17) is 0 Å². The van der Waals surface area contributed by atoms with E-state index in [0.717, 1.165) is 19.5 Å². The molecular formula is C17H29N3. The molecule has 0 aliphatic carbocycles. The van der Waals surface area contributed by atoms with Gasteiger partial charge in [-0.2, -0.15) is 0 Å². The lowest BCUT2D eigenvalue weighted by Crippen LogP contribution is -2.53. The minimum Gasteiger partial charge on any atom is -0.314 e. The molecular weight excluding hydrogens is 246 g/mol. The Hall–Kier alpha value is -0.930. The summed E-state index contributed by atoms with van der Waals surface area (Å²) in [4.78, 5) is 7.20. The van der Waals surface area contributed by atoms with Crippen LogP contribution in [0.4, 0.5) is 0 Å². The minimum absolute atomic E-state index is 0.611. The zero-order valence-corrected chi connectivity index (χ0v) is 13.4. The van der Waals surface area contributed by atoms with Crippen molar-refractivity contribution in [3.63, 3.8) is 0 Å². The van der Waals surface area contributed by atoms with Crippen molar-refractivity contribution in [1.29, 1.82) is 0 Å². The number of piperidine rings is 1. The number of nitrogens with one attached hydrogen (secondary N) is 1. The molecule has 2 heterocycles. The predicted molar refractivity (Wildman–Crippen MR) is 84.7 cm³/mol. The Bertz CT molecular complexity index is 418. The summed E-state index contributed by atoms with van der Waals surface area (Å²) in [5.74, 6) is 0.692. The van der Waals surface area contributed by atoms with E-state index in [1.807, 2.05) is 12.3 Å². The first kappa shape index (κ1) is 15.5. The number of nitrogens with zero attached hydrogens (tertiary/aromatic N) is 2. The van der Waals surface area contributed by atoms with Crippen LogP contribution < -0.4 is 5.32 Å². The summed E-state index contributed by atoms with van der Waals surface area (Å²) < 4.78 is 0. The van der Waals surface area contributed by atoms with Gasteiger partial charge in [0.2, 0.25) is 0 Å². The van der Waals surface area contributed by atoms with E-state index in [2.05, 4.69) is 49.0 Å². The van der Waals surface area contributed by atoms with Crippen LogP contribution in [0.2, 0.25) is 0 Å². The van der Waals surface area contributed by atoms with Crippen LogP contribution in [0.5, 0.6) is 0 Å². The van der Waals surface area contributed by atoms with Gasteiger partial charge in [0.1, 0.15) is 0 Å². The van der Waals surface area contributed by atoms with Gasteiger partial charge in [-0.05, 0) is 43.9 Å². The van der Waals surface area contributed by atoms with Crippen LogP contribution in [0.1, 0.15) is 45.4 Å². The summed E-state index contributed by atoms with van der Waals surface area (Å²) in [6, 6.07) is 5.54. The largest absolute Gasteiger partial charge is 0.314 e. The number of rotatable bonds is 5. The highest BCUT2D eigenvalue weighted by Gasteiger charge is 2.32. The summed E-state index contributed by atoms with van der Waals surface area (Å²) >= 11 is 0. The molecule has 0 amide bonds. The zero-order chi connectivity index (χ0) is 14.5. The van der Waals surface area contributed by atoms with Gasteiger partial charge in [-0.3, -0.25) is 9.88 Å².